The molecule has 1 unspecified atom stereocenters. The molecule has 3 heteroatoms. The molecule has 2 N–H and O–H groups in total. The van der Waals surface area contributed by atoms with Crippen molar-refractivity contribution < 1.29 is 4.79 Å². The average molecular weight is 170 g/mol. The normalized spacial score (nSPS) is 18.8. The van der Waals surface area contributed by atoms with Gasteiger partial charge in [-0.1, -0.05) is 12.8 Å². The monoisotopic (exact) mass is 170 g/mol. The predicted molar refractivity (Wildman–Crippen MR) is 48.9 cm³/mol. The third-order valence-electron chi connectivity index (χ3n) is 2.34. The maximum absolute atomic E-state index is 11.0. The zero-order valence-corrected chi connectivity index (χ0v) is 7.89. The number of nitrogens with one attached hydrogen (secondary N) is 2. The molecule has 0 aliphatic heterocycles. The fourth-order valence-electron chi connectivity index (χ4n) is 1.22. The average Bonchev–Trinajstić information content (AvgIpc) is 2.86. The number of hydrogen-bond donors (Lipinski definition) is 2. The summed E-state index contributed by atoms with van der Waals surface area (Å²) >= 11 is 0. The Kier molecular flexibility index (Phi) is 3.53. The molecule has 0 saturated heterocycles. The molecule has 1 aliphatic rings. The molecule has 1 rings (SSSR count). The lowest BCUT2D eigenvalue weighted by Crippen LogP contribution is -2.41. The SMILES string of the molecule is CNC(=O)C(C)NCCC1CC1. The van der Waals surface area contributed by atoms with E-state index in [4.69, 9.17) is 0 Å². The van der Waals surface area contributed by atoms with Crippen LogP contribution in [0.4, 0.5) is 0 Å². The predicted octanol–water partition coefficient (Wildman–Crippen LogP) is 0.511. The summed E-state index contributed by atoms with van der Waals surface area (Å²) in [5.74, 6) is 1.01. The fourth-order valence-corrected chi connectivity index (χ4v) is 1.22. The van der Waals surface area contributed by atoms with Crippen LogP contribution in [0.1, 0.15) is 26.2 Å². The summed E-state index contributed by atoms with van der Waals surface area (Å²) in [6.07, 6.45) is 3.99. The lowest BCUT2D eigenvalue weighted by atomic mass is 10.2. The Morgan fingerprint density at radius 3 is 2.75 bits per heavy atom. The van der Waals surface area contributed by atoms with Crippen LogP contribution in [0.25, 0.3) is 0 Å². The molecular formula is C9H18N2O. The van der Waals surface area contributed by atoms with E-state index in [1.807, 2.05) is 6.92 Å². The van der Waals surface area contributed by atoms with Crippen LogP contribution in [0.15, 0.2) is 0 Å². The molecule has 3 nitrogen and oxygen atoms in total. The molecule has 0 bridgehead atoms. The van der Waals surface area contributed by atoms with Crippen LogP contribution in [0.3, 0.4) is 0 Å². The first-order valence-corrected chi connectivity index (χ1v) is 4.69. The first kappa shape index (κ1) is 9.52. The van der Waals surface area contributed by atoms with E-state index < -0.39 is 0 Å². The van der Waals surface area contributed by atoms with Gasteiger partial charge in [-0.2, -0.15) is 0 Å². The van der Waals surface area contributed by atoms with E-state index in [9.17, 15) is 4.79 Å². The highest BCUT2D eigenvalue weighted by Gasteiger charge is 2.20. The molecule has 1 atom stereocenters. The first-order chi connectivity index (χ1) is 5.74. The molecule has 70 valence electrons. The van der Waals surface area contributed by atoms with Crippen LogP contribution in [0, 0.1) is 5.92 Å². The van der Waals surface area contributed by atoms with Gasteiger partial charge in [-0.15, -0.1) is 0 Å². The Bertz CT molecular complexity index is 155. The summed E-state index contributed by atoms with van der Waals surface area (Å²) in [7, 11) is 1.67. The Labute approximate surface area is 73.9 Å². The van der Waals surface area contributed by atoms with Crippen LogP contribution in [0.5, 0.6) is 0 Å². The third-order valence-corrected chi connectivity index (χ3v) is 2.34. The van der Waals surface area contributed by atoms with E-state index in [0.717, 1.165) is 12.5 Å². The van der Waals surface area contributed by atoms with Gasteiger partial charge in [-0.3, -0.25) is 4.79 Å². The summed E-state index contributed by atoms with van der Waals surface area (Å²) in [4.78, 5) is 11.0. The van der Waals surface area contributed by atoms with Crippen molar-refractivity contribution in [2.75, 3.05) is 13.6 Å². The van der Waals surface area contributed by atoms with E-state index in [2.05, 4.69) is 10.6 Å². The zero-order valence-electron chi connectivity index (χ0n) is 7.89. The Morgan fingerprint density at radius 2 is 2.25 bits per heavy atom. The van der Waals surface area contributed by atoms with Gasteiger partial charge in [-0.25, -0.2) is 0 Å². The number of carbonyl (C=O) groups excluding carboxylic acids is 1. The van der Waals surface area contributed by atoms with Gasteiger partial charge in [0.1, 0.15) is 0 Å². The maximum Gasteiger partial charge on any atom is 0.236 e. The maximum atomic E-state index is 11.0. The second-order valence-electron chi connectivity index (χ2n) is 3.52. The Balaban J connectivity index is 2.00. The van der Waals surface area contributed by atoms with Gasteiger partial charge in [0.15, 0.2) is 0 Å². The van der Waals surface area contributed by atoms with E-state index in [0.29, 0.717) is 0 Å². The molecule has 0 spiro atoms. The van der Waals surface area contributed by atoms with Crippen LogP contribution >= 0.6 is 0 Å². The van der Waals surface area contributed by atoms with Crippen molar-refractivity contribution in [3.05, 3.63) is 0 Å². The largest absolute Gasteiger partial charge is 0.358 e. The van der Waals surface area contributed by atoms with Crippen molar-refractivity contribution in [2.45, 2.75) is 32.2 Å². The molecule has 0 aromatic carbocycles. The number of amides is 1. The summed E-state index contributed by atoms with van der Waals surface area (Å²) in [6.45, 7) is 2.87. The minimum atomic E-state index is -0.0475. The van der Waals surface area contributed by atoms with Gasteiger partial charge in [0, 0.05) is 7.05 Å². The summed E-state index contributed by atoms with van der Waals surface area (Å²) in [5, 5.41) is 5.81. The second-order valence-corrected chi connectivity index (χ2v) is 3.52. The van der Waals surface area contributed by atoms with Gasteiger partial charge >= 0.3 is 0 Å². The minimum absolute atomic E-state index is 0.0475. The molecule has 1 saturated carbocycles. The highest BCUT2D eigenvalue weighted by molar-refractivity contribution is 5.80. The third kappa shape index (κ3) is 3.22. The highest BCUT2D eigenvalue weighted by atomic mass is 16.2. The Morgan fingerprint density at radius 1 is 1.58 bits per heavy atom. The summed E-state index contributed by atoms with van der Waals surface area (Å²) in [5.41, 5.74) is 0. The topological polar surface area (TPSA) is 41.1 Å². The van der Waals surface area contributed by atoms with E-state index >= 15 is 0 Å². The van der Waals surface area contributed by atoms with Crippen molar-refractivity contribution in [3.63, 3.8) is 0 Å². The number of likely N-dealkylation sites (N-methyl/N-ethyl adjacent to an activating group) is 1. The van der Waals surface area contributed by atoms with Gasteiger partial charge in [0.05, 0.1) is 6.04 Å². The second kappa shape index (κ2) is 4.45. The van der Waals surface area contributed by atoms with Gasteiger partial charge in [0.2, 0.25) is 5.91 Å². The molecule has 1 fully saturated rings. The lowest BCUT2D eigenvalue weighted by Gasteiger charge is -2.11. The van der Waals surface area contributed by atoms with Crippen molar-refractivity contribution in [3.8, 4) is 0 Å². The van der Waals surface area contributed by atoms with Crippen molar-refractivity contribution in [1.82, 2.24) is 10.6 Å². The van der Waals surface area contributed by atoms with E-state index in [1.54, 1.807) is 7.05 Å². The van der Waals surface area contributed by atoms with Crippen LogP contribution in [-0.4, -0.2) is 25.5 Å². The molecular weight excluding hydrogens is 152 g/mol. The Hall–Kier alpha value is -0.570. The minimum Gasteiger partial charge on any atom is -0.358 e. The van der Waals surface area contributed by atoms with Crippen LogP contribution < -0.4 is 10.6 Å². The molecule has 0 aromatic heterocycles. The van der Waals surface area contributed by atoms with Gasteiger partial charge in [-0.05, 0) is 25.8 Å². The van der Waals surface area contributed by atoms with Crippen molar-refractivity contribution in [1.29, 1.82) is 0 Å². The summed E-state index contributed by atoms with van der Waals surface area (Å²) < 4.78 is 0. The number of carbonyl (C=O) groups is 1. The molecule has 0 heterocycles. The highest BCUT2D eigenvalue weighted by Crippen LogP contribution is 2.31. The molecule has 12 heavy (non-hydrogen) atoms. The molecule has 1 amide bonds. The smallest absolute Gasteiger partial charge is 0.236 e. The first-order valence-electron chi connectivity index (χ1n) is 4.69. The molecule has 0 aromatic rings. The van der Waals surface area contributed by atoms with Gasteiger partial charge < -0.3 is 10.6 Å². The van der Waals surface area contributed by atoms with Crippen molar-refractivity contribution in [2.24, 2.45) is 5.92 Å². The van der Waals surface area contributed by atoms with Crippen LogP contribution in [0.2, 0.25) is 0 Å². The van der Waals surface area contributed by atoms with Crippen molar-refractivity contribution >= 4 is 5.91 Å². The van der Waals surface area contributed by atoms with Crippen LogP contribution in [-0.2, 0) is 4.79 Å². The summed E-state index contributed by atoms with van der Waals surface area (Å²) in [6, 6.07) is -0.0475. The molecule has 1 aliphatic carbocycles. The standard InChI is InChI=1S/C9H18N2O/c1-7(9(12)10-2)11-6-5-8-3-4-8/h7-8,11H,3-6H2,1-2H3,(H,10,12). The van der Waals surface area contributed by atoms with Gasteiger partial charge in [0.25, 0.3) is 0 Å². The quantitative estimate of drug-likeness (QED) is 0.631. The molecule has 0 radical (unpaired) electrons. The van der Waals surface area contributed by atoms with E-state index in [-0.39, 0.29) is 11.9 Å². The van der Waals surface area contributed by atoms with E-state index in [1.165, 1.54) is 19.3 Å². The number of rotatable bonds is 5. The fraction of sp³-hybridized carbons (Fsp3) is 0.889. The zero-order chi connectivity index (χ0) is 8.97. The number of hydrogen-bond acceptors (Lipinski definition) is 2. The lowest BCUT2D eigenvalue weighted by molar-refractivity contribution is -0.122.